The number of aromatic nitrogens is 1. The molecule has 0 atom stereocenters. The number of amides is 1. The van der Waals surface area contributed by atoms with Crippen molar-refractivity contribution in [2.24, 2.45) is 0 Å². The molecule has 34 heavy (non-hydrogen) atoms. The lowest BCUT2D eigenvalue weighted by molar-refractivity contribution is -0.126. The molecule has 1 aromatic heterocycles. The van der Waals surface area contributed by atoms with Crippen molar-refractivity contribution < 1.29 is 14.4 Å². The first-order valence-corrected chi connectivity index (χ1v) is 12.5. The predicted molar refractivity (Wildman–Crippen MR) is 141 cm³/mol. The molecule has 0 aliphatic carbocycles. The Morgan fingerprint density at radius 3 is 2.62 bits per heavy atom. The predicted octanol–water partition coefficient (Wildman–Crippen LogP) is 5.06. The van der Waals surface area contributed by atoms with Crippen LogP contribution in [0.4, 0.5) is 17.2 Å². The SMILES string of the molecule is CCCCON1C(=O)CCc2ccc(N3CCN(c4nsc5cccc(OC)c45)CC3)cc21.Cl. The monoisotopic (exact) mass is 502 g/mol. The molecule has 1 amide bonds. The van der Waals surface area contributed by atoms with Crippen LogP contribution in [-0.2, 0) is 16.1 Å². The number of fused-ring (bicyclic) bond motifs is 2. The normalized spacial score (nSPS) is 15.9. The quantitative estimate of drug-likeness (QED) is 0.421. The molecule has 1 saturated heterocycles. The summed E-state index contributed by atoms with van der Waals surface area (Å²) in [5.41, 5.74) is 3.21. The summed E-state index contributed by atoms with van der Waals surface area (Å²) < 4.78 is 11.5. The summed E-state index contributed by atoms with van der Waals surface area (Å²) in [6.07, 6.45) is 3.26. The first-order chi connectivity index (χ1) is 16.2. The summed E-state index contributed by atoms with van der Waals surface area (Å²) in [4.78, 5) is 23.1. The van der Waals surface area contributed by atoms with Crippen LogP contribution in [0.15, 0.2) is 36.4 Å². The van der Waals surface area contributed by atoms with Gasteiger partial charge in [0.25, 0.3) is 5.91 Å². The van der Waals surface area contributed by atoms with E-state index in [4.69, 9.17) is 13.9 Å². The van der Waals surface area contributed by atoms with E-state index in [0.29, 0.717) is 13.0 Å². The van der Waals surface area contributed by atoms with Gasteiger partial charge < -0.3 is 14.5 Å². The van der Waals surface area contributed by atoms with E-state index in [1.165, 1.54) is 22.2 Å². The average molecular weight is 503 g/mol. The number of carbonyl (C=O) groups is 1. The number of nitrogens with zero attached hydrogens (tertiary/aromatic N) is 4. The Morgan fingerprint density at radius 2 is 1.85 bits per heavy atom. The standard InChI is InChI=1S/C25H30N4O3S.ClH/c1-3-4-16-32-29-20-17-19(10-8-18(20)9-11-23(29)30)27-12-14-28(15-13-27)25-24-21(31-2)6-5-7-22(24)33-26-25;/h5-8,10,17H,3-4,9,11-16H2,1-2H3;1H. The number of piperazine rings is 1. The molecule has 9 heteroatoms. The van der Waals surface area contributed by atoms with Crippen LogP contribution in [0.1, 0.15) is 31.7 Å². The molecule has 2 aromatic carbocycles. The van der Waals surface area contributed by atoms with Crippen molar-refractivity contribution in [3.05, 3.63) is 42.0 Å². The summed E-state index contributed by atoms with van der Waals surface area (Å²) in [6, 6.07) is 12.6. The van der Waals surface area contributed by atoms with Gasteiger partial charge in [-0.05, 0) is 54.2 Å². The molecule has 0 spiro atoms. The Bertz CT molecular complexity index is 1150. The molecule has 3 heterocycles. The van der Waals surface area contributed by atoms with Crippen molar-refractivity contribution in [3.8, 4) is 5.75 Å². The summed E-state index contributed by atoms with van der Waals surface area (Å²) in [7, 11) is 1.71. The Labute approximate surface area is 210 Å². The number of rotatable bonds is 7. The Balaban J connectivity index is 0.00000274. The van der Waals surface area contributed by atoms with Crippen molar-refractivity contribution in [2.45, 2.75) is 32.6 Å². The molecule has 2 aliphatic heterocycles. The van der Waals surface area contributed by atoms with E-state index in [1.807, 2.05) is 12.1 Å². The summed E-state index contributed by atoms with van der Waals surface area (Å²) in [5.74, 6) is 1.93. The fraction of sp³-hybridized carbons (Fsp3) is 0.440. The van der Waals surface area contributed by atoms with Crippen LogP contribution in [0.3, 0.4) is 0 Å². The van der Waals surface area contributed by atoms with Gasteiger partial charge in [0.15, 0.2) is 5.82 Å². The highest BCUT2D eigenvalue weighted by molar-refractivity contribution is 7.13. The molecular formula is C25H31ClN4O3S. The van der Waals surface area contributed by atoms with Crippen LogP contribution < -0.4 is 19.6 Å². The minimum Gasteiger partial charge on any atom is -0.496 e. The molecule has 0 bridgehead atoms. The highest BCUT2D eigenvalue weighted by Crippen LogP contribution is 2.38. The fourth-order valence-corrected chi connectivity index (χ4v) is 5.39. The topological polar surface area (TPSA) is 58.1 Å². The second-order valence-electron chi connectivity index (χ2n) is 8.50. The lowest BCUT2D eigenvalue weighted by Gasteiger charge is -2.37. The first-order valence-electron chi connectivity index (χ1n) is 11.7. The highest BCUT2D eigenvalue weighted by atomic mass is 35.5. The molecule has 0 unspecified atom stereocenters. The third-order valence-electron chi connectivity index (χ3n) is 6.45. The average Bonchev–Trinajstić information content (AvgIpc) is 3.30. The van der Waals surface area contributed by atoms with E-state index >= 15 is 0 Å². The van der Waals surface area contributed by atoms with E-state index in [2.05, 4.69) is 41.0 Å². The van der Waals surface area contributed by atoms with E-state index < -0.39 is 0 Å². The third kappa shape index (κ3) is 4.67. The maximum absolute atomic E-state index is 12.5. The Kier molecular flexibility index (Phi) is 7.80. The molecular weight excluding hydrogens is 472 g/mol. The molecule has 0 N–H and O–H groups in total. The maximum atomic E-state index is 12.5. The van der Waals surface area contributed by atoms with E-state index in [9.17, 15) is 4.79 Å². The number of hydrogen-bond acceptors (Lipinski definition) is 7. The van der Waals surface area contributed by atoms with Gasteiger partial charge >= 0.3 is 0 Å². The van der Waals surface area contributed by atoms with E-state index in [0.717, 1.165) is 78.5 Å². The number of benzene rings is 2. The third-order valence-corrected chi connectivity index (χ3v) is 7.25. The minimum absolute atomic E-state index is 0. The number of hydrogen-bond donors (Lipinski definition) is 0. The van der Waals surface area contributed by atoms with Gasteiger partial charge in [0.05, 0.1) is 29.5 Å². The van der Waals surface area contributed by atoms with Crippen molar-refractivity contribution in [1.29, 1.82) is 0 Å². The zero-order chi connectivity index (χ0) is 22.8. The van der Waals surface area contributed by atoms with Gasteiger partial charge in [0.2, 0.25) is 0 Å². The van der Waals surface area contributed by atoms with Gasteiger partial charge in [0, 0.05) is 38.3 Å². The number of aryl methyl sites for hydroxylation is 1. The second-order valence-corrected chi connectivity index (χ2v) is 9.31. The van der Waals surface area contributed by atoms with Crippen molar-refractivity contribution in [2.75, 3.05) is 54.8 Å². The molecule has 3 aromatic rings. The number of anilines is 3. The van der Waals surface area contributed by atoms with Crippen molar-refractivity contribution >= 4 is 57.1 Å². The Hall–Kier alpha value is -2.55. The number of halogens is 1. The second kappa shape index (κ2) is 10.8. The van der Waals surface area contributed by atoms with Gasteiger partial charge in [-0.15, -0.1) is 12.4 Å². The lowest BCUT2D eigenvalue weighted by atomic mass is 10.0. The minimum atomic E-state index is 0. The zero-order valence-corrected chi connectivity index (χ0v) is 21.3. The first kappa shape index (κ1) is 24.6. The van der Waals surface area contributed by atoms with Crippen LogP contribution in [0.25, 0.3) is 10.1 Å². The summed E-state index contributed by atoms with van der Waals surface area (Å²) >= 11 is 1.52. The van der Waals surface area contributed by atoms with Crippen LogP contribution in [0.5, 0.6) is 5.75 Å². The van der Waals surface area contributed by atoms with Crippen molar-refractivity contribution in [1.82, 2.24) is 4.37 Å². The summed E-state index contributed by atoms with van der Waals surface area (Å²) in [6.45, 7) is 6.22. The van der Waals surface area contributed by atoms with Crippen LogP contribution in [0.2, 0.25) is 0 Å². The maximum Gasteiger partial charge on any atom is 0.251 e. The number of methoxy groups -OCH3 is 1. The van der Waals surface area contributed by atoms with Crippen LogP contribution >= 0.6 is 23.9 Å². The Morgan fingerprint density at radius 1 is 1.06 bits per heavy atom. The summed E-state index contributed by atoms with van der Waals surface area (Å²) in [5, 5.41) is 2.63. The molecule has 1 fully saturated rings. The van der Waals surface area contributed by atoms with Gasteiger partial charge in [-0.1, -0.05) is 25.5 Å². The molecule has 2 aliphatic rings. The number of carbonyl (C=O) groups excluding carboxylic acids is 1. The number of ether oxygens (including phenoxy) is 1. The van der Waals surface area contributed by atoms with Crippen LogP contribution in [-0.4, -0.2) is 50.2 Å². The smallest absolute Gasteiger partial charge is 0.251 e. The highest BCUT2D eigenvalue weighted by Gasteiger charge is 2.27. The number of unbranched alkanes of at least 4 members (excludes halogenated alkanes) is 1. The van der Waals surface area contributed by atoms with Gasteiger partial charge in [-0.2, -0.15) is 9.44 Å². The van der Waals surface area contributed by atoms with Gasteiger partial charge in [-0.25, -0.2) is 0 Å². The van der Waals surface area contributed by atoms with Crippen molar-refractivity contribution in [3.63, 3.8) is 0 Å². The largest absolute Gasteiger partial charge is 0.496 e. The molecule has 0 saturated carbocycles. The fourth-order valence-electron chi connectivity index (χ4n) is 4.58. The number of hydroxylamine groups is 1. The van der Waals surface area contributed by atoms with Crippen LogP contribution in [0, 0.1) is 0 Å². The molecule has 182 valence electrons. The molecule has 7 nitrogen and oxygen atoms in total. The van der Waals surface area contributed by atoms with Gasteiger partial charge in [0.1, 0.15) is 5.75 Å². The zero-order valence-electron chi connectivity index (χ0n) is 19.7. The van der Waals surface area contributed by atoms with E-state index in [1.54, 1.807) is 7.11 Å². The molecule has 5 rings (SSSR count). The molecule has 0 radical (unpaired) electrons. The van der Waals surface area contributed by atoms with Gasteiger partial charge in [-0.3, -0.25) is 9.63 Å². The lowest BCUT2D eigenvalue weighted by Crippen LogP contribution is -2.46. The van der Waals surface area contributed by atoms with E-state index in [-0.39, 0.29) is 18.3 Å².